The molecule has 1 heteroatoms. The molecule has 1 N–H and O–H groups in total. The minimum Gasteiger partial charge on any atom is -0.396 e. The number of aliphatic hydroxyl groups is 1. The van der Waals surface area contributed by atoms with Crippen molar-refractivity contribution in [1.82, 2.24) is 0 Å². The highest BCUT2D eigenvalue weighted by Crippen LogP contribution is 2.32. The van der Waals surface area contributed by atoms with E-state index >= 15 is 0 Å². The maximum atomic E-state index is 9.28. The molecule has 1 nitrogen and oxygen atoms in total. The Balaban J connectivity index is 1.84. The van der Waals surface area contributed by atoms with Crippen LogP contribution in [0.25, 0.3) is 22.3 Å². The van der Waals surface area contributed by atoms with Gasteiger partial charge in [0.25, 0.3) is 0 Å². The number of aliphatic hydroxyl groups excluding tert-OH is 1. The molecule has 1 unspecified atom stereocenters. The summed E-state index contributed by atoms with van der Waals surface area (Å²) in [4.78, 5) is 0. The Kier molecular flexibility index (Phi) is 9.76. The van der Waals surface area contributed by atoms with Crippen molar-refractivity contribution in [2.45, 2.75) is 79.1 Å². The van der Waals surface area contributed by atoms with E-state index in [4.69, 9.17) is 0 Å². The second-order valence-electron chi connectivity index (χ2n) is 9.36. The van der Waals surface area contributed by atoms with E-state index in [9.17, 15) is 5.11 Å². The molecule has 0 aliphatic carbocycles. The van der Waals surface area contributed by atoms with Crippen molar-refractivity contribution in [3.05, 3.63) is 82.9 Å². The second-order valence-corrected chi connectivity index (χ2v) is 9.36. The normalized spacial score (nSPS) is 12.2. The Morgan fingerprint density at radius 1 is 0.697 bits per heavy atom. The lowest BCUT2D eigenvalue weighted by molar-refractivity contribution is 0.299. The summed E-state index contributed by atoms with van der Waals surface area (Å²) >= 11 is 0. The molecule has 33 heavy (non-hydrogen) atoms. The van der Waals surface area contributed by atoms with Crippen molar-refractivity contribution in [1.29, 1.82) is 0 Å². The van der Waals surface area contributed by atoms with Crippen LogP contribution >= 0.6 is 0 Å². The highest BCUT2D eigenvalue weighted by atomic mass is 16.2. The topological polar surface area (TPSA) is 20.2 Å². The van der Waals surface area contributed by atoms with Crippen LogP contribution in [0.4, 0.5) is 0 Å². The number of hydrogen-bond donors (Lipinski definition) is 1. The third kappa shape index (κ3) is 6.58. The zero-order valence-electron chi connectivity index (χ0n) is 21.2. The maximum absolute atomic E-state index is 9.28. The van der Waals surface area contributed by atoms with Gasteiger partial charge >= 0.3 is 0 Å². The standard InChI is InChI=1S/C32H42O/c1-5-9-10-24(6-2)21-25-11-14-29(15-12-25)31-18-16-30(23-28(31)8-4)32-17-13-26(19-20-33)22-27(32)7-3/h11-18,22-24,33H,5-10,19-21H2,1-4H3. The zero-order chi connectivity index (χ0) is 23.6. The minimum atomic E-state index is 0.202. The highest BCUT2D eigenvalue weighted by molar-refractivity contribution is 5.75. The maximum Gasteiger partial charge on any atom is 0.0471 e. The van der Waals surface area contributed by atoms with E-state index in [0.717, 1.165) is 25.2 Å². The van der Waals surface area contributed by atoms with Gasteiger partial charge in [-0.3, -0.25) is 0 Å². The number of rotatable bonds is 12. The predicted octanol–water partition coefficient (Wildman–Crippen LogP) is 8.44. The summed E-state index contributed by atoms with van der Waals surface area (Å²) in [6.07, 6.45) is 9.17. The fourth-order valence-electron chi connectivity index (χ4n) is 4.94. The molecule has 0 bridgehead atoms. The van der Waals surface area contributed by atoms with Gasteiger partial charge in [0.2, 0.25) is 0 Å². The SMILES string of the molecule is CCCCC(CC)Cc1ccc(-c2ccc(-c3ccc(CCO)cc3CC)cc2CC)cc1. The highest BCUT2D eigenvalue weighted by Gasteiger charge is 2.11. The Morgan fingerprint density at radius 3 is 1.94 bits per heavy atom. The molecule has 0 amide bonds. The number of benzene rings is 3. The van der Waals surface area contributed by atoms with Gasteiger partial charge in [0.15, 0.2) is 0 Å². The molecule has 3 rings (SSSR count). The van der Waals surface area contributed by atoms with Crippen LogP contribution in [0.3, 0.4) is 0 Å². The van der Waals surface area contributed by atoms with E-state index in [1.54, 1.807) is 0 Å². The first kappa shape index (κ1) is 25.2. The molecule has 0 radical (unpaired) electrons. The zero-order valence-corrected chi connectivity index (χ0v) is 21.2. The predicted molar refractivity (Wildman–Crippen MR) is 144 cm³/mol. The van der Waals surface area contributed by atoms with Gasteiger partial charge in [-0.05, 0) is 76.1 Å². The molecule has 0 spiro atoms. The van der Waals surface area contributed by atoms with Crippen LogP contribution in [0, 0.1) is 5.92 Å². The molecule has 176 valence electrons. The number of aryl methyl sites for hydroxylation is 2. The molecule has 3 aromatic rings. The van der Waals surface area contributed by atoms with Gasteiger partial charge in [0.05, 0.1) is 0 Å². The smallest absolute Gasteiger partial charge is 0.0471 e. The van der Waals surface area contributed by atoms with Gasteiger partial charge in [-0.1, -0.05) is 114 Å². The molecule has 0 fully saturated rings. The summed E-state index contributed by atoms with van der Waals surface area (Å²) in [5, 5.41) is 9.28. The van der Waals surface area contributed by atoms with Crippen molar-refractivity contribution in [2.75, 3.05) is 6.61 Å². The summed E-state index contributed by atoms with van der Waals surface area (Å²) in [6, 6.07) is 22.9. The van der Waals surface area contributed by atoms with E-state index in [0.29, 0.717) is 0 Å². The van der Waals surface area contributed by atoms with Crippen LogP contribution in [0.1, 0.15) is 75.6 Å². The fourth-order valence-corrected chi connectivity index (χ4v) is 4.94. The minimum absolute atomic E-state index is 0.202. The van der Waals surface area contributed by atoms with Gasteiger partial charge in [-0.15, -0.1) is 0 Å². The van der Waals surface area contributed by atoms with Gasteiger partial charge in [-0.25, -0.2) is 0 Å². The molecular formula is C32H42O. The lowest BCUT2D eigenvalue weighted by Gasteiger charge is -2.16. The van der Waals surface area contributed by atoms with Crippen LogP contribution < -0.4 is 0 Å². The lowest BCUT2D eigenvalue weighted by Crippen LogP contribution is -2.03. The Bertz CT molecular complexity index is 1000. The molecule has 0 aromatic heterocycles. The molecule has 0 saturated carbocycles. The quantitative estimate of drug-likeness (QED) is 0.298. The lowest BCUT2D eigenvalue weighted by atomic mass is 9.89. The summed E-state index contributed by atoms with van der Waals surface area (Å²) < 4.78 is 0. The van der Waals surface area contributed by atoms with Gasteiger partial charge in [0, 0.05) is 6.61 Å². The van der Waals surface area contributed by atoms with Gasteiger partial charge < -0.3 is 5.11 Å². The van der Waals surface area contributed by atoms with Crippen molar-refractivity contribution in [3.63, 3.8) is 0 Å². The molecular weight excluding hydrogens is 400 g/mol. The largest absolute Gasteiger partial charge is 0.396 e. The molecule has 0 aliphatic heterocycles. The summed E-state index contributed by atoms with van der Waals surface area (Å²) in [6.45, 7) is 9.28. The third-order valence-electron chi connectivity index (χ3n) is 7.08. The van der Waals surface area contributed by atoms with E-state index in [-0.39, 0.29) is 6.61 Å². The monoisotopic (exact) mass is 442 g/mol. The number of unbranched alkanes of at least 4 members (excludes halogenated alkanes) is 1. The van der Waals surface area contributed by atoms with Crippen LogP contribution in [0.2, 0.25) is 0 Å². The second kappa shape index (κ2) is 12.8. The van der Waals surface area contributed by atoms with E-state index in [2.05, 4.69) is 88.4 Å². The molecule has 3 aromatic carbocycles. The molecule has 0 saturated heterocycles. The first-order valence-corrected chi connectivity index (χ1v) is 13.1. The van der Waals surface area contributed by atoms with Crippen molar-refractivity contribution >= 4 is 0 Å². The van der Waals surface area contributed by atoms with Crippen LogP contribution in [-0.4, -0.2) is 11.7 Å². The average Bonchev–Trinajstić information content (AvgIpc) is 2.86. The van der Waals surface area contributed by atoms with Crippen LogP contribution in [0.15, 0.2) is 60.7 Å². The first-order chi connectivity index (χ1) is 16.1. The summed E-state index contributed by atoms with van der Waals surface area (Å²) in [7, 11) is 0. The Hall–Kier alpha value is -2.38. The Morgan fingerprint density at radius 2 is 1.30 bits per heavy atom. The van der Waals surface area contributed by atoms with Crippen LogP contribution in [0.5, 0.6) is 0 Å². The van der Waals surface area contributed by atoms with Crippen molar-refractivity contribution < 1.29 is 5.11 Å². The first-order valence-electron chi connectivity index (χ1n) is 13.1. The van der Waals surface area contributed by atoms with Crippen molar-refractivity contribution in [3.8, 4) is 22.3 Å². The number of hydrogen-bond acceptors (Lipinski definition) is 1. The van der Waals surface area contributed by atoms with E-state index < -0.39 is 0 Å². The molecule has 0 aliphatic rings. The third-order valence-corrected chi connectivity index (χ3v) is 7.08. The fraction of sp³-hybridized carbons (Fsp3) is 0.438. The van der Waals surface area contributed by atoms with Gasteiger partial charge in [0.1, 0.15) is 0 Å². The van der Waals surface area contributed by atoms with E-state index in [1.807, 2.05) is 0 Å². The Labute approximate surface area is 201 Å². The van der Waals surface area contributed by atoms with E-state index in [1.165, 1.54) is 76.6 Å². The summed E-state index contributed by atoms with van der Waals surface area (Å²) in [5.74, 6) is 0.804. The van der Waals surface area contributed by atoms with Crippen molar-refractivity contribution in [2.24, 2.45) is 5.92 Å². The average molecular weight is 443 g/mol. The molecule has 0 heterocycles. The van der Waals surface area contributed by atoms with Crippen LogP contribution in [-0.2, 0) is 25.7 Å². The summed E-state index contributed by atoms with van der Waals surface area (Å²) in [5.41, 5.74) is 10.7. The molecule has 1 atom stereocenters. The van der Waals surface area contributed by atoms with Gasteiger partial charge in [-0.2, -0.15) is 0 Å².